The summed E-state index contributed by atoms with van der Waals surface area (Å²) in [6.07, 6.45) is 6.12. The van der Waals surface area contributed by atoms with Crippen LogP contribution >= 0.6 is 0 Å². The van der Waals surface area contributed by atoms with E-state index in [9.17, 15) is 15.0 Å². The van der Waals surface area contributed by atoms with Gasteiger partial charge in [-0.05, 0) is 30.2 Å². The maximum absolute atomic E-state index is 12.4. The van der Waals surface area contributed by atoms with Crippen molar-refractivity contribution in [1.82, 2.24) is 10.3 Å². The van der Waals surface area contributed by atoms with Gasteiger partial charge in [0, 0.05) is 12.4 Å². The van der Waals surface area contributed by atoms with Crippen molar-refractivity contribution < 1.29 is 15.0 Å². The average Bonchev–Trinajstić information content (AvgIpc) is 2.52. The summed E-state index contributed by atoms with van der Waals surface area (Å²) in [5.74, 6) is -0.976. The largest absolute Gasteiger partial charge is 0.507 e. The molecule has 0 saturated carbocycles. The molecule has 2 rings (SSSR count). The average molecular weight is 300 g/mol. The highest BCUT2D eigenvalue weighted by Gasteiger charge is 2.20. The van der Waals surface area contributed by atoms with Crippen LogP contribution in [0.25, 0.3) is 0 Å². The van der Waals surface area contributed by atoms with Gasteiger partial charge in [-0.15, -0.1) is 0 Å². The lowest BCUT2D eigenvalue weighted by Gasteiger charge is -2.19. The molecule has 3 N–H and O–H groups in total. The molecule has 0 radical (unpaired) electrons. The molecule has 22 heavy (non-hydrogen) atoms. The molecule has 0 aliphatic heterocycles. The van der Waals surface area contributed by atoms with E-state index in [0.29, 0.717) is 0 Å². The molecule has 0 bridgehead atoms. The topological polar surface area (TPSA) is 82.5 Å². The maximum atomic E-state index is 12.4. The van der Waals surface area contributed by atoms with Crippen molar-refractivity contribution >= 4 is 5.91 Å². The zero-order chi connectivity index (χ0) is 15.9. The number of hydrogen-bond acceptors (Lipinski definition) is 4. The number of hydrogen-bond donors (Lipinski definition) is 3. The van der Waals surface area contributed by atoms with E-state index in [1.54, 1.807) is 12.4 Å². The van der Waals surface area contributed by atoms with Gasteiger partial charge in [-0.2, -0.15) is 0 Å². The first kappa shape index (κ1) is 15.8. The smallest absolute Gasteiger partial charge is 0.259 e. The molecule has 0 aliphatic rings. The molecule has 1 atom stereocenters. The molecule has 1 amide bonds. The molecule has 1 aromatic heterocycles. The molecule has 0 fully saturated rings. The summed E-state index contributed by atoms with van der Waals surface area (Å²) in [6, 6.07) is 7.74. The molecule has 5 nitrogen and oxygen atoms in total. The van der Waals surface area contributed by atoms with E-state index in [-0.39, 0.29) is 23.1 Å². The van der Waals surface area contributed by atoms with Crippen LogP contribution in [-0.4, -0.2) is 21.1 Å². The van der Waals surface area contributed by atoms with Gasteiger partial charge in [0.1, 0.15) is 17.1 Å². The Morgan fingerprint density at radius 1 is 1.23 bits per heavy atom. The number of pyridine rings is 1. The van der Waals surface area contributed by atoms with Gasteiger partial charge in [-0.3, -0.25) is 9.78 Å². The van der Waals surface area contributed by atoms with Gasteiger partial charge in [0.2, 0.25) is 0 Å². The summed E-state index contributed by atoms with van der Waals surface area (Å²) >= 11 is 0. The SMILES string of the molecule is CCCC[C@H](NC(=O)c1c(O)cccc1O)c1cccnc1. The highest BCUT2D eigenvalue weighted by atomic mass is 16.3. The van der Waals surface area contributed by atoms with Crippen molar-refractivity contribution in [3.8, 4) is 11.5 Å². The van der Waals surface area contributed by atoms with Gasteiger partial charge in [-0.1, -0.05) is 31.9 Å². The molecule has 0 aliphatic carbocycles. The minimum absolute atomic E-state index is 0.104. The maximum Gasteiger partial charge on any atom is 0.259 e. The van der Waals surface area contributed by atoms with E-state index >= 15 is 0 Å². The van der Waals surface area contributed by atoms with Gasteiger partial charge in [0.05, 0.1) is 6.04 Å². The van der Waals surface area contributed by atoms with Crippen LogP contribution in [-0.2, 0) is 0 Å². The quantitative estimate of drug-likeness (QED) is 0.765. The number of unbranched alkanes of at least 4 members (excludes halogenated alkanes) is 1. The number of amides is 1. The number of nitrogens with zero attached hydrogens (tertiary/aromatic N) is 1. The summed E-state index contributed by atoms with van der Waals surface area (Å²) < 4.78 is 0. The zero-order valence-corrected chi connectivity index (χ0v) is 12.5. The van der Waals surface area contributed by atoms with Crippen LogP contribution in [0.3, 0.4) is 0 Å². The Morgan fingerprint density at radius 3 is 2.55 bits per heavy atom. The third kappa shape index (κ3) is 3.75. The fourth-order valence-corrected chi connectivity index (χ4v) is 2.30. The third-order valence-electron chi connectivity index (χ3n) is 3.49. The Balaban J connectivity index is 2.21. The minimum Gasteiger partial charge on any atom is -0.507 e. The van der Waals surface area contributed by atoms with Crippen LogP contribution in [0.2, 0.25) is 0 Å². The van der Waals surface area contributed by atoms with Crippen molar-refractivity contribution in [2.45, 2.75) is 32.2 Å². The molecule has 0 spiro atoms. The lowest BCUT2D eigenvalue weighted by Crippen LogP contribution is -2.28. The second kappa shape index (κ2) is 7.45. The van der Waals surface area contributed by atoms with E-state index in [1.807, 2.05) is 12.1 Å². The Hall–Kier alpha value is -2.56. The molecule has 116 valence electrons. The number of carbonyl (C=O) groups excluding carboxylic acids is 1. The predicted octanol–water partition coefficient (Wildman–Crippen LogP) is 3.15. The van der Waals surface area contributed by atoms with Crippen molar-refractivity contribution in [1.29, 1.82) is 0 Å². The first-order valence-corrected chi connectivity index (χ1v) is 7.35. The minimum atomic E-state index is -0.499. The number of aromatic nitrogens is 1. The number of aromatic hydroxyl groups is 2. The Kier molecular flexibility index (Phi) is 5.36. The molecular weight excluding hydrogens is 280 g/mol. The lowest BCUT2D eigenvalue weighted by molar-refractivity contribution is 0.0928. The van der Waals surface area contributed by atoms with Gasteiger partial charge in [0.25, 0.3) is 5.91 Å². The number of phenolic OH excluding ortho intramolecular Hbond substituents is 2. The molecule has 0 unspecified atom stereocenters. The Labute approximate surface area is 129 Å². The summed E-state index contributed by atoms with van der Waals surface area (Å²) in [5, 5.41) is 22.4. The lowest BCUT2D eigenvalue weighted by atomic mass is 10.0. The Morgan fingerprint density at radius 2 is 1.95 bits per heavy atom. The van der Waals surface area contributed by atoms with Gasteiger partial charge < -0.3 is 15.5 Å². The van der Waals surface area contributed by atoms with Crippen LogP contribution in [0.1, 0.15) is 48.1 Å². The standard InChI is InChI=1S/C17H20N2O3/c1-2-3-7-13(12-6-5-10-18-11-12)19-17(22)16-14(20)8-4-9-15(16)21/h4-6,8-11,13,20-21H,2-3,7H2,1H3,(H,19,22)/t13-/m0/s1. The predicted molar refractivity (Wildman–Crippen MR) is 83.7 cm³/mol. The molecule has 0 saturated heterocycles. The van der Waals surface area contributed by atoms with E-state index in [2.05, 4.69) is 17.2 Å². The number of phenols is 2. The third-order valence-corrected chi connectivity index (χ3v) is 3.49. The van der Waals surface area contributed by atoms with Crippen molar-refractivity contribution in [3.63, 3.8) is 0 Å². The number of benzene rings is 1. The molecular formula is C17H20N2O3. The van der Waals surface area contributed by atoms with Crippen molar-refractivity contribution in [2.24, 2.45) is 0 Å². The summed E-state index contributed by atoms with van der Waals surface area (Å²) in [4.78, 5) is 16.5. The molecule has 5 heteroatoms. The Bertz CT molecular complexity index is 609. The fourth-order valence-electron chi connectivity index (χ4n) is 2.30. The van der Waals surface area contributed by atoms with Crippen LogP contribution in [0, 0.1) is 0 Å². The van der Waals surface area contributed by atoms with Crippen LogP contribution in [0.4, 0.5) is 0 Å². The van der Waals surface area contributed by atoms with Crippen molar-refractivity contribution in [2.75, 3.05) is 0 Å². The second-order valence-electron chi connectivity index (χ2n) is 5.13. The van der Waals surface area contributed by atoms with E-state index in [1.165, 1.54) is 18.2 Å². The van der Waals surface area contributed by atoms with E-state index in [0.717, 1.165) is 24.8 Å². The zero-order valence-electron chi connectivity index (χ0n) is 12.5. The number of nitrogens with one attached hydrogen (secondary N) is 1. The van der Waals surface area contributed by atoms with E-state index < -0.39 is 5.91 Å². The number of carbonyl (C=O) groups is 1. The normalized spacial score (nSPS) is 11.9. The summed E-state index contributed by atoms with van der Waals surface area (Å²) in [5.41, 5.74) is 0.798. The van der Waals surface area contributed by atoms with Crippen LogP contribution in [0.15, 0.2) is 42.7 Å². The van der Waals surface area contributed by atoms with Gasteiger partial charge in [-0.25, -0.2) is 0 Å². The summed E-state index contributed by atoms with van der Waals surface area (Å²) in [6.45, 7) is 2.08. The summed E-state index contributed by atoms with van der Waals surface area (Å²) in [7, 11) is 0. The second-order valence-corrected chi connectivity index (χ2v) is 5.13. The van der Waals surface area contributed by atoms with Crippen molar-refractivity contribution in [3.05, 3.63) is 53.9 Å². The highest BCUT2D eigenvalue weighted by molar-refractivity contribution is 5.99. The molecule has 1 aromatic carbocycles. The van der Waals surface area contributed by atoms with Gasteiger partial charge in [0.15, 0.2) is 0 Å². The first-order valence-electron chi connectivity index (χ1n) is 7.35. The number of rotatable bonds is 6. The van der Waals surface area contributed by atoms with Crippen LogP contribution < -0.4 is 5.32 Å². The van der Waals surface area contributed by atoms with E-state index in [4.69, 9.17) is 0 Å². The highest BCUT2D eigenvalue weighted by Crippen LogP contribution is 2.27. The first-order chi connectivity index (χ1) is 10.6. The van der Waals surface area contributed by atoms with Crippen LogP contribution in [0.5, 0.6) is 11.5 Å². The fraction of sp³-hybridized carbons (Fsp3) is 0.294. The molecule has 1 heterocycles. The van der Waals surface area contributed by atoms with Gasteiger partial charge >= 0.3 is 0 Å². The monoisotopic (exact) mass is 300 g/mol. The molecule has 2 aromatic rings.